The van der Waals surface area contributed by atoms with Crippen LogP contribution in [0.25, 0.3) is 10.6 Å². The van der Waals surface area contributed by atoms with Crippen molar-refractivity contribution in [2.45, 2.75) is 129 Å². The summed E-state index contributed by atoms with van der Waals surface area (Å²) in [6.45, 7) is 38.9. The molecule has 2 atom stereocenters. The van der Waals surface area contributed by atoms with E-state index in [4.69, 9.17) is 10.6 Å². The molecule has 4 nitrogen and oxygen atoms in total. The molecule has 3 aliphatic rings. The summed E-state index contributed by atoms with van der Waals surface area (Å²) in [5, 5.41) is 11.1. The second-order valence-corrected chi connectivity index (χ2v) is 19.0. The Labute approximate surface area is 356 Å². The zero-order chi connectivity index (χ0) is 39.9. The fourth-order valence-electron chi connectivity index (χ4n) is 8.97. The molecule has 5 heteroatoms. The molecule has 55 heavy (non-hydrogen) atoms. The van der Waals surface area contributed by atoms with Gasteiger partial charge in [-0.15, -0.1) is 49.4 Å². The molecule has 0 spiro atoms. The molecule has 0 aliphatic heterocycles. The van der Waals surface area contributed by atoms with E-state index >= 15 is 0 Å². The average molecular weight is 818 g/mol. The number of fused-ring (bicyclic) bond motifs is 1. The summed E-state index contributed by atoms with van der Waals surface area (Å²) in [5.74, 6) is 0.537. The zero-order valence-electron chi connectivity index (χ0n) is 36.2. The summed E-state index contributed by atoms with van der Waals surface area (Å²) >= 11 is 0. The maximum Gasteiger partial charge on any atom is 0.0129 e. The maximum atomic E-state index is 5.56. The third kappa shape index (κ3) is 12.7. The van der Waals surface area contributed by atoms with Crippen LogP contribution in [-0.2, 0) is 26.2 Å². The Bertz CT molecular complexity index is 1510. The van der Waals surface area contributed by atoms with Gasteiger partial charge in [-0.05, 0) is 130 Å². The van der Waals surface area contributed by atoms with Gasteiger partial charge in [0.15, 0.2) is 0 Å². The van der Waals surface area contributed by atoms with E-state index in [2.05, 4.69) is 155 Å². The third-order valence-electron chi connectivity index (χ3n) is 10.6. The first-order valence-electron chi connectivity index (χ1n) is 20.0. The average Bonchev–Trinajstić information content (AvgIpc) is 3.08. The van der Waals surface area contributed by atoms with Gasteiger partial charge in [0.05, 0.1) is 0 Å². The summed E-state index contributed by atoms with van der Waals surface area (Å²) in [6.07, 6.45) is 0. The first-order chi connectivity index (χ1) is 25.2. The Morgan fingerprint density at radius 1 is 0.418 bits per heavy atom. The second kappa shape index (κ2) is 19.7. The molecule has 0 saturated carbocycles. The predicted octanol–water partition coefficient (Wildman–Crippen LogP) is 12.3. The Hall–Kier alpha value is -2.66. The summed E-state index contributed by atoms with van der Waals surface area (Å²) < 4.78 is 0. The van der Waals surface area contributed by atoms with Crippen molar-refractivity contribution in [1.29, 1.82) is 0 Å². The minimum absolute atomic E-state index is 0. The Kier molecular flexibility index (Phi) is 16.7. The second-order valence-electron chi connectivity index (χ2n) is 19.0. The van der Waals surface area contributed by atoms with Crippen LogP contribution in [0.15, 0.2) is 109 Å². The normalized spacial score (nSPS) is 18.9. The van der Waals surface area contributed by atoms with Gasteiger partial charge in [-0.3, -0.25) is 9.80 Å². The van der Waals surface area contributed by atoms with E-state index in [-0.39, 0.29) is 72.3 Å². The summed E-state index contributed by atoms with van der Waals surface area (Å²) in [5.41, 5.74) is 8.34. The van der Waals surface area contributed by atoms with Crippen LogP contribution in [0.1, 0.15) is 128 Å². The largest absolute Gasteiger partial charge is 0.659 e. The van der Waals surface area contributed by atoms with E-state index < -0.39 is 0 Å². The fraction of sp³-hybridized carbons (Fsp3) is 0.480. The molecule has 298 valence electrons. The predicted molar refractivity (Wildman–Crippen MR) is 235 cm³/mol. The standard InChI is InChI=1S/C36H56N4.2C7H7.Zr/c1-33(2,3)39(34(4,5)6)23-21-37-31-29-25-17-13-15-19-27(25)30(28-20-16-14-18-26(28)29)32(31)38-22-24-40(35(7,8)9)36(10,11)12;2*1-7-5-3-2-4-6-7;/h13-20,29-32H,21-24H2,1-12H3;2*2-6H,1H2;/q-2;2*-1;/t29?,30?,31-,32-;;;/m1.../s1. The molecule has 4 aromatic rings. The number of rotatable bonds is 8. The Morgan fingerprint density at radius 3 is 0.855 bits per heavy atom. The van der Waals surface area contributed by atoms with Crippen molar-refractivity contribution in [3.63, 3.8) is 0 Å². The van der Waals surface area contributed by atoms with Crippen LogP contribution in [-0.4, -0.2) is 70.2 Å². The molecule has 0 fully saturated rings. The molecule has 0 unspecified atom stereocenters. The Morgan fingerprint density at radius 2 is 0.655 bits per heavy atom. The quantitative estimate of drug-likeness (QED) is 0.166. The molecule has 7 rings (SSSR count). The van der Waals surface area contributed by atoms with Crippen molar-refractivity contribution in [2.24, 2.45) is 0 Å². The van der Waals surface area contributed by atoms with Gasteiger partial charge in [-0.1, -0.05) is 60.7 Å². The van der Waals surface area contributed by atoms with E-state index in [0.29, 0.717) is 0 Å². The van der Waals surface area contributed by atoms with Crippen molar-refractivity contribution in [3.8, 4) is 0 Å². The van der Waals surface area contributed by atoms with Gasteiger partial charge in [0.1, 0.15) is 0 Å². The smallest absolute Gasteiger partial charge is 0.0129 e. The van der Waals surface area contributed by atoms with Crippen LogP contribution >= 0.6 is 0 Å². The Balaban J connectivity index is 0.000000450. The molecule has 0 heterocycles. The van der Waals surface area contributed by atoms with E-state index in [1.165, 1.54) is 22.3 Å². The molecule has 0 aromatic heterocycles. The van der Waals surface area contributed by atoms with Crippen LogP contribution < -0.4 is 0 Å². The van der Waals surface area contributed by atoms with Gasteiger partial charge in [0.2, 0.25) is 0 Å². The van der Waals surface area contributed by atoms with E-state index in [1.807, 2.05) is 60.7 Å². The molecule has 3 aliphatic carbocycles. The van der Waals surface area contributed by atoms with Crippen LogP contribution in [0, 0.1) is 13.8 Å². The molecular formula is C50H70N4Zr-4. The van der Waals surface area contributed by atoms with E-state index in [9.17, 15) is 0 Å². The van der Waals surface area contributed by atoms with Gasteiger partial charge >= 0.3 is 0 Å². The summed E-state index contributed by atoms with van der Waals surface area (Å²) in [4.78, 5) is 5.20. The summed E-state index contributed by atoms with van der Waals surface area (Å²) in [7, 11) is 0. The fourth-order valence-corrected chi connectivity index (χ4v) is 8.97. The van der Waals surface area contributed by atoms with Crippen LogP contribution in [0.5, 0.6) is 0 Å². The SMILES string of the molecule is CC(C)(C)N(CC[N-][C@@H]1C2c3ccccc3C(c3ccccc32)[C@H]1[N-]CCN(C(C)(C)C)C(C)(C)C)C(C)(C)C.[CH2-]c1ccccc1.[CH2-]c1ccccc1.[Zr]. The van der Waals surface area contributed by atoms with E-state index in [1.54, 1.807) is 0 Å². The number of hydrogen-bond donors (Lipinski definition) is 0. The van der Waals surface area contributed by atoms with Gasteiger partial charge < -0.3 is 10.6 Å². The first-order valence-corrected chi connectivity index (χ1v) is 20.0. The molecule has 0 saturated heterocycles. The molecule has 2 bridgehead atoms. The van der Waals surface area contributed by atoms with Crippen molar-refractivity contribution in [3.05, 3.63) is 167 Å². The van der Waals surface area contributed by atoms with E-state index in [0.717, 1.165) is 37.3 Å². The van der Waals surface area contributed by atoms with Crippen molar-refractivity contribution in [1.82, 2.24) is 9.80 Å². The molecule has 0 N–H and O–H groups in total. The van der Waals surface area contributed by atoms with Crippen LogP contribution in [0.3, 0.4) is 0 Å². The minimum Gasteiger partial charge on any atom is -0.659 e. The number of hydrogen-bond acceptors (Lipinski definition) is 2. The molecule has 0 amide bonds. The maximum absolute atomic E-state index is 5.56. The van der Waals surface area contributed by atoms with Crippen molar-refractivity contribution < 1.29 is 26.2 Å². The first kappa shape index (κ1) is 46.7. The monoisotopic (exact) mass is 816 g/mol. The molecular weight excluding hydrogens is 748 g/mol. The van der Waals surface area contributed by atoms with Gasteiger partial charge in [-0.2, -0.15) is 49.2 Å². The minimum atomic E-state index is 0. The third-order valence-corrected chi connectivity index (χ3v) is 10.6. The van der Waals surface area contributed by atoms with Crippen molar-refractivity contribution in [2.75, 3.05) is 26.2 Å². The molecule has 4 aromatic carbocycles. The van der Waals surface area contributed by atoms with Crippen molar-refractivity contribution >= 4 is 0 Å². The number of nitrogens with zero attached hydrogens (tertiary/aromatic N) is 4. The van der Waals surface area contributed by atoms with Gasteiger partial charge in [0.25, 0.3) is 0 Å². The van der Waals surface area contributed by atoms with Gasteiger partial charge in [-0.25, -0.2) is 0 Å². The number of benzene rings is 4. The molecule has 0 radical (unpaired) electrons. The zero-order valence-corrected chi connectivity index (χ0v) is 38.7. The van der Waals surface area contributed by atoms with Crippen LogP contribution in [0.2, 0.25) is 0 Å². The topological polar surface area (TPSA) is 34.7 Å². The van der Waals surface area contributed by atoms with Gasteiger partial charge in [0, 0.05) is 48.4 Å². The van der Waals surface area contributed by atoms with Crippen LogP contribution in [0.4, 0.5) is 0 Å². The summed E-state index contributed by atoms with van der Waals surface area (Å²) in [6, 6.07) is 38.3.